The molecular formula is C14H13NO3. The minimum atomic E-state index is -0.272. The van der Waals surface area contributed by atoms with Gasteiger partial charge < -0.3 is 4.74 Å². The van der Waals surface area contributed by atoms with Gasteiger partial charge in [0.05, 0.1) is 30.4 Å². The number of imide groups is 1. The molecule has 1 unspecified atom stereocenters. The van der Waals surface area contributed by atoms with E-state index in [-0.39, 0.29) is 17.9 Å². The summed E-state index contributed by atoms with van der Waals surface area (Å²) < 4.78 is 5.34. The van der Waals surface area contributed by atoms with Gasteiger partial charge in [-0.3, -0.25) is 14.5 Å². The van der Waals surface area contributed by atoms with Crippen LogP contribution in [0.15, 0.2) is 35.9 Å². The molecule has 0 spiro atoms. The quantitative estimate of drug-likeness (QED) is 0.556. The molecule has 0 N–H and O–H groups in total. The minimum Gasteiger partial charge on any atom is -0.375 e. The molecule has 2 aliphatic rings. The first-order valence-electron chi connectivity index (χ1n) is 5.91. The maximum absolute atomic E-state index is 12.3. The van der Waals surface area contributed by atoms with Gasteiger partial charge in [0.25, 0.3) is 11.8 Å². The Bertz CT molecular complexity index is 527. The van der Waals surface area contributed by atoms with Crippen LogP contribution in [0.1, 0.15) is 27.6 Å². The molecule has 0 aliphatic carbocycles. The number of carbonyl (C=O) groups is 2. The average Bonchev–Trinajstić information content (AvgIpc) is 2.64. The van der Waals surface area contributed by atoms with Crippen molar-refractivity contribution in [3.8, 4) is 0 Å². The van der Waals surface area contributed by atoms with Crippen molar-refractivity contribution >= 4 is 11.8 Å². The summed E-state index contributed by atoms with van der Waals surface area (Å²) in [7, 11) is 0. The molecule has 1 atom stereocenters. The van der Waals surface area contributed by atoms with Gasteiger partial charge >= 0.3 is 0 Å². The molecule has 0 bridgehead atoms. The molecule has 92 valence electrons. The summed E-state index contributed by atoms with van der Waals surface area (Å²) in [5, 5.41) is 0. The second kappa shape index (κ2) is 4.07. The Morgan fingerprint density at radius 3 is 2.33 bits per heavy atom. The molecule has 4 heteroatoms. The van der Waals surface area contributed by atoms with Gasteiger partial charge in [-0.15, -0.1) is 0 Å². The molecule has 1 aromatic rings. The van der Waals surface area contributed by atoms with Gasteiger partial charge in [0.2, 0.25) is 0 Å². The highest BCUT2D eigenvalue weighted by molar-refractivity contribution is 6.21. The van der Waals surface area contributed by atoms with Crippen LogP contribution < -0.4 is 0 Å². The van der Waals surface area contributed by atoms with E-state index in [0.717, 1.165) is 5.57 Å². The lowest BCUT2D eigenvalue weighted by atomic mass is 10.1. The number of benzene rings is 1. The van der Waals surface area contributed by atoms with E-state index in [9.17, 15) is 9.59 Å². The second-order valence-corrected chi connectivity index (χ2v) is 4.53. The zero-order chi connectivity index (χ0) is 12.7. The fraction of sp³-hybridized carbons (Fsp3) is 0.286. The van der Waals surface area contributed by atoms with Crippen molar-refractivity contribution in [2.75, 3.05) is 13.2 Å². The van der Waals surface area contributed by atoms with Gasteiger partial charge in [0.1, 0.15) is 0 Å². The van der Waals surface area contributed by atoms with Crippen molar-refractivity contribution in [2.45, 2.75) is 13.0 Å². The number of hydrogen-bond donors (Lipinski definition) is 0. The summed E-state index contributed by atoms with van der Waals surface area (Å²) in [6.45, 7) is 2.86. The van der Waals surface area contributed by atoms with Crippen molar-refractivity contribution in [1.82, 2.24) is 4.90 Å². The van der Waals surface area contributed by atoms with Crippen LogP contribution in [0.2, 0.25) is 0 Å². The Morgan fingerprint density at radius 1 is 1.17 bits per heavy atom. The van der Waals surface area contributed by atoms with E-state index < -0.39 is 0 Å². The van der Waals surface area contributed by atoms with E-state index in [0.29, 0.717) is 24.3 Å². The van der Waals surface area contributed by atoms with E-state index in [4.69, 9.17) is 4.74 Å². The van der Waals surface area contributed by atoms with Crippen LogP contribution in [-0.4, -0.2) is 36.0 Å². The van der Waals surface area contributed by atoms with Crippen LogP contribution in [0.4, 0.5) is 0 Å². The summed E-state index contributed by atoms with van der Waals surface area (Å²) in [5.41, 5.74) is 1.98. The Morgan fingerprint density at radius 2 is 1.78 bits per heavy atom. The number of fused-ring (bicyclic) bond motifs is 1. The van der Waals surface area contributed by atoms with Gasteiger partial charge in [0.15, 0.2) is 0 Å². The molecule has 2 amide bonds. The van der Waals surface area contributed by atoms with E-state index in [1.54, 1.807) is 24.3 Å². The molecular weight excluding hydrogens is 230 g/mol. The summed E-state index contributed by atoms with van der Waals surface area (Å²) in [4.78, 5) is 25.9. The van der Waals surface area contributed by atoms with Crippen LogP contribution in [0.5, 0.6) is 0 Å². The van der Waals surface area contributed by atoms with E-state index >= 15 is 0 Å². The normalized spacial score (nSPS) is 23.1. The van der Waals surface area contributed by atoms with E-state index in [2.05, 4.69) is 0 Å². The van der Waals surface area contributed by atoms with Crippen molar-refractivity contribution in [3.05, 3.63) is 47.0 Å². The summed E-state index contributed by atoms with van der Waals surface area (Å²) in [5.74, 6) is -0.447. The molecule has 2 heterocycles. The Labute approximate surface area is 105 Å². The molecule has 4 nitrogen and oxygen atoms in total. The highest BCUT2D eigenvalue weighted by Gasteiger charge is 2.40. The number of hydrogen-bond acceptors (Lipinski definition) is 3. The SMILES string of the molecule is CC1=CCOCC1N1C(=O)c2ccccc2C1=O. The topological polar surface area (TPSA) is 46.6 Å². The third kappa shape index (κ3) is 1.49. The maximum atomic E-state index is 12.3. The third-order valence-corrected chi connectivity index (χ3v) is 3.46. The van der Waals surface area contributed by atoms with Crippen molar-refractivity contribution in [2.24, 2.45) is 0 Å². The van der Waals surface area contributed by atoms with E-state index in [1.807, 2.05) is 13.0 Å². The molecule has 0 fully saturated rings. The summed E-state index contributed by atoms with van der Waals surface area (Å²) in [6, 6.07) is 6.66. The number of rotatable bonds is 1. The fourth-order valence-electron chi connectivity index (χ4n) is 2.41. The fourth-order valence-corrected chi connectivity index (χ4v) is 2.41. The van der Waals surface area contributed by atoms with Gasteiger partial charge in [-0.1, -0.05) is 18.2 Å². The lowest BCUT2D eigenvalue weighted by molar-refractivity contribution is 0.0453. The van der Waals surface area contributed by atoms with Gasteiger partial charge in [0, 0.05) is 0 Å². The summed E-state index contributed by atoms with van der Waals surface area (Å²) >= 11 is 0. The first-order valence-corrected chi connectivity index (χ1v) is 5.91. The van der Waals surface area contributed by atoms with Gasteiger partial charge in [-0.25, -0.2) is 0 Å². The van der Waals surface area contributed by atoms with Crippen LogP contribution in [-0.2, 0) is 4.74 Å². The zero-order valence-corrected chi connectivity index (χ0v) is 10.1. The molecule has 0 radical (unpaired) electrons. The third-order valence-electron chi connectivity index (χ3n) is 3.46. The minimum absolute atomic E-state index is 0.223. The number of carbonyl (C=O) groups excluding carboxylic acids is 2. The molecule has 18 heavy (non-hydrogen) atoms. The van der Waals surface area contributed by atoms with Crippen molar-refractivity contribution in [3.63, 3.8) is 0 Å². The second-order valence-electron chi connectivity index (χ2n) is 4.53. The number of ether oxygens (including phenoxy) is 1. The Kier molecular flexibility index (Phi) is 2.52. The van der Waals surface area contributed by atoms with Crippen molar-refractivity contribution in [1.29, 1.82) is 0 Å². The average molecular weight is 243 g/mol. The monoisotopic (exact) mass is 243 g/mol. The largest absolute Gasteiger partial charge is 0.375 e. The predicted molar refractivity (Wildman–Crippen MR) is 65.3 cm³/mol. The first-order chi connectivity index (χ1) is 8.70. The highest BCUT2D eigenvalue weighted by Crippen LogP contribution is 2.27. The molecule has 0 aromatic heterocycles. The van der Waals surface area contributed by atoms with Crippen LogP contribution in [0, 0.1) is 0 Å². The highest BCUT2D eigenvalue weighted by atomic mass is 16.5. The maximum Gasteiger partial charge on any atom is 0.262 e. The molecule has 1 aromatic carbocycles. The van der Waals surface area contributed by atoms with Crippen LogP contribution in [0.25, 0.3) is 0 Å². The summed E-state index contributed by atoms with van der Waals surface area (Å²) in [6.07, 6.45) is 1.91. The first kappa shape index (κ1) is 11.2. The predicted octanol–water partition coefficient (Wildman–Crippen LogP) is 1.63. The molecule has 2 aliphatic heterocycles. The Balaban J connectivity index is 2.02. The van der Waals surface area contributed by atoms with Crippen LogP contribution in [0.3, 0.4) is 0 Å². The Hall–Kier alpha value is -1.94. The van der Waals surface area contributed by atoms with Crippen LogP contribution >= 0.6 is 0 Å². The lowest BCUT2D eigenvalue weighted by Crippen LogP contribution is -2.44. The van der Waals surface area contributed by atoms with Gasteiger partial charge in [-0.05, 0) is 24.6 Å². The smallest absolute Gasteiger partial charge is 0.262 e. The lowest BCUT2D eigenvalue weighted by Gasteiger charge is -2.29. The molecule has 0 saturated heterocycles. The van der Waals surface area contributed by atoms with E-state index in [1.165, 1.54) is 4.90 Å². The standard InChI is InChI=1S/C14H13NO3/c1-9-6-7-18-8-12(9)15-13(16)10-4-2-3-5-11(10)14(15)17/h2-6,12H,7-8H2,1H3. The number of amides is 2. The zero-order valence-electron chi connectivity index (χ0n) is 10.1. The molecule has 3 rings (SSSR count). The van der Waals surface area contributed by atoms with Gasteiger partial charge in [-0.2, -0.15) is 0 Å². The number of nitrogens with zero attached hydrogens (tertiary/aromatic N) is 1. The molecule has 0 saturated carbocycles. The van der Waals surface area contributed by atoms with Crippen molar-refractivity contribution < 1.29 is 14.3 Å².